The minimum Gasteiger partial charge on any atom is -0.481 e. The molecule has 74 valence electrons. The summed E-state index contributed by atoms with van der Waals surface area (Å²) in [6.45, 7) is 0. The Balaban J connectivity index is 3.19. The molecule has 0 aliphatic carbocycles. The SMILES string of the molecule is COC(=N)c1ccc(F)c([N+](=O)[O-])c1. The third-order valence-electron chi connectivity index (χ3n) is 1.61. The van der Waals surface area contributed by atoms with Gasteiger partial charge in [0.15, 0.2) is 0 Å². The zero-order chi connectivity index (χ0) is 10.7. The van der Waals surface area contributed by atoms with Crippen molar-refractivity contribution in [2.75, 3.05) is 7.11 Å². The van der Waals surface area contributed by atoms with Gasteiger partial charge in [0.05, 0.1) is 12.0 Å². The van der Waals surface area contributed by atoms with Gasteiger partial charge in [-0.3, -0.25) is 15.5 Å². The molecular formula is C8H7FN2O3. The molecule has 6 heteroatoms. The van der Waals surface area contributed by atoms with Gasteiger partial charge in [-0.05, 0) is 12.1 Å². The molecule has 0 heterocycles. The van der Waals surface area contributed by atoms with E-state index in [1.807, 2.05) is 0 Å². The number of nitro groups is 1. The zero-order valence-corrected chi connectivity index (χ0v) is 7.28. The topological polar surface area (TPSA) is 76.2 Å². The van der Waals surface area contributed by atoms with Crippen LogP contribution in [0.4, 0.5) is 10.1 Å². The fraction of sp³-hybridized carbons (Fsp3) is 0.125. The highest BCUT2D eigenvalue weighted by atomic mass is 19.1. The first-order chi connectivity index (χ1) is 6.56. The molecule has 1 aromatic carbocycles. The molecule has 1 rings (SSSR count). The second kappa shape index (κ2) is 3.82. The number of hydrogen-bond donors (Lipinski definition) is 1. The van der Waals surface area contributed by atoms with Gasteiger partial charge in [-0.15, -0.1) is 0 Å². The number of hydrogen-bond acceptors (Lipinski definition) is 4. The van der Waals surface area contributed by atoms with E-state index in [-0.39, 0.29) is 11.5 Å². The Morgan fingerprint density at radius 2 is 2.29 bits per heavy atom. The molecule has 0 unspecified atom stereocenters. The standard InChI is InChI=1S/C8H7FN2O3/c1-14-8(10)5-2-3-6(9)7(4-5)11(12)13/h2-4,10H,1H3. The summed E-state index contributed by atoms with van der Waals surface area (Å²) in [5.41, 5.74) is -0.495. The van der Waals surface area contributed by atoms with E-state index in [9.17, 15) is 14.5 Å². The van der Waals surface area contributed by atoms with E-state index in [2.05, 4.69) is 4.74 Å². The summed E-state index contributed by atoms with van der Waals surface area (Å²) in [6, 6.07) is 3.14. The smallest absolute Gasteiger partial charge is 0.305 e. The fourth-order valence-corrected chi connectivity index (χ4v) is 0.912. The molecule has 0 saturated heterocycles. The van der Waals surface area contributed by atoms with Crippen LogP contribution in [0.25, 0.3) is 0 Å². The average Bonchev–Trinajstić information content (AvgIpc) is 2.17. The first kappa shape index (κ1) is 10.1. The van der Waals surface area contributed by atoms with Crippen LogP contribution in [0.2, 0.25) is 0 Å². The lowest BCUT2D eigenvalue weighted by molar-refractivity contribution is -0.387. The van der Waals surface area contributed by atoms with Crippen LogP contribution < -0.4 is 0 Å². The normalized spacial score (nSPS) is 9.57. The van der Waals surface area contributed by atoms with Crippen LogP contribution in [0.5, 0.6) is 0 Å². The van der Waals surface area contributed by atoms with Crippen LogP contribution in [0.3, 0.4) is 0 Å². The molecule has 14 heavy (non-hydrogen) atoms. The molecule has 0 bridgehead atoms. The lowest BCUT2D eigenvalue weighted by Crippen LogP contribution is -2.03. The van der Waals surface area contributed by atoms with Crippen molar-refractivity contribution >= 4 is 11.6 Å². The van der Waals surface area contributed by atoms with E-state index in [0.29, 0.717) is 0 Å². The van der Waals surface area contributed by atoms with Gasteiger partial charge >= 0.3 is 5.69 Å². The molecule has 0 aromatic heterocycles. The predicted molar refractivity (Wildman–Crippen MR) is 46.9 cm³/mol. The van der Waals surface area contributed by atoms with Gasteiger partial charge in [0.2, 0.25) is 11.7 Å². The summed E-state index contributed by atoms with van der Waals surface area (Å²) in [6.07, 6.45) is 0. The molecule has 5 nitrogen and oxygen atoms in total. The summed E-state index contributed by atoms with van der Waals surface area (Å²) < 4.78 is 17.4. The molecule has 0 saturated carbocycles. The summed E-state index contributed by atoms with van der Waals surface area (Å²) in [7, 11) is 1.26. The molecule has 0 aliphatic rings. The third-order valence-corrected chi connectivity index (χ3v) is 1.61. The van der Waals surface area contributed by atoms with E-state index in [1.54, 1.807) is 0 Å². The number of nitrogens with zero attached hydrogens (tertiary/aromatic N) is 1. The number of nitrogens with one attached hydrogen (secondary N) is 1. The quantitative estimate of drug-likeness (QED) is 0.340. The number of benzene rings is 1. The van der Waals surface area contributed by atoms with Crippen molar-refractivity contribution in [2.45, 2.75) is 0 Å². The summed E-state index contributed by atoms with van der Waals surface area (Å²) in [5, 5.41) is 17.6. The number of ether oxygens (including phenoxy) is 1. The molecule has 1 N–H and O–H groups in total. The van der Waals surface area contributed by atoms with Crippen molar-refractivity contribution in [3.05, 3.63) is 39.7 Å². The van der Waals surface area contributed by atoms with Gasteiger partial charge in [0, 0.05) is 11.6 Å². The van der Waals surface area contributed by atoms with E-state index in [4.69, 9.17) is 5.41 Å². The Morgan fingerprint density at radius 1 is 1.64 bits per heavy atom. The molecule has 0 atom stereocenters. The maximum Gasteiger partial charge on any atom is 0.305 e. The summed E-state index contributed by atoms with van der Waals surface area (Å²) in [5.74, 6) is -1.17. The molecule has 1 aromatic rings. The Hall–Kier alpha value is -1.98. The van der Waals surface area contributed by atoms with Crippen molar-refractivity contribution in [3.8, 4) is 0 Å². The van der Waals surface area contributed by atoms with Gasteiger partial charge < -0.3 is 4.74 Å². The van der Waals surface area contributed by atoms with Crippen molar-refractivity contribution in [3.63, 3.8) is 0 Å². The molecule has 0 amide bonds. The van der Waals surface area contributed by atoms with Gasteiger partial charge in [-0.25, -0.2) is 0 Å². The largest absolute Gasteiger partial charge is 0.481 e. The minimum atomic E-state index is -0.928. The Bertz CT molecular complexity index is 392. The predicted octanol–water partition coefficient (Wildman–Crippen LogP) is 1.71. The number of rotatable bonds is 2. The van der Waals surface area contributed by atoms with Crippen molar-refractivity contribution in [1.82, 2.24) is 0 Å². The second-order valence-corrected chi connectivity index (χ2v) is 2.46. The van der Waals surface area contributed by atoms with Crippen LogP contribution in [-0.2, 0) is 4.74 Å². The highest BCUT2D eigenvalue weighted by molar-refractivity contribution is 5.92. The first-order valence-electron chi connectivity index (χ1n) is 3.63. The van der Waals surface area contributed by atoms with E-state index in [0.717, 1.165) is 12.1 Å². The second-order valence-electron chi connectivity index (χ2n) is 2.46. The van der Waals surface area contributed by atoms with Crippen molar-refractivity contribution < 1.29 is 14.1 Å². The number of nitro benzene ring substituents is 1. The van der Waals surface area contributed by atoms with Crippen LogP contribution in [0.1, 0.15) is 5.56 Å². The van der Waals surface area contributed by atoms with Crippen LogP contribution in [0, 0.1) is 21.3 Å². The molecule has 0 spiro atoms. The Kier molecular flexibility index (Phi) is 2.76. The van der Waals surface area contributed by atoms with Crippen LogP contribution >= 0.6 is 0 Å². The first-order valence-corrected chi connectivity index (χ1v) is 3.63. The van der Waals surface area contributed by atoms with E-state index in [1.165, 1.54) is 13.2 Å². The minimum absolute atomic E-state index is 0.167. The number of methoxy groups -OCH3 is 1. The molecule has 0 radical (unpaired) electrons. The summed E-state index contributed by atoms with van der Waals surface area (Å²) >= 11 is 0. The lowest BCUT2D eigenvalue weighted by atomic mass is 10.2. The van der Waals surface area contributed by atoms with E-state index < -0.39 is 16.4 Å². The Labute approximate surface area is 78.8 Å². The van der Waals surface area contributed by atoms with Crippen LogP contribution in [-0.4, -0.2) is 17.9 Å². The fourth-order valence-electron chi connectivity index (χ4n) is 0.912. The highest BCUT2D eigenvalue weighted by Gasteiger charge is 2.15. The molecule has 0 fully saturated rings. The molecule has 0 aliphatic heterocycles. The molecular weight excluding hydrogens is 191 g/mol. The highest BCUT2D eigenvalue weighted by Crippen LogP contribution is 2.18. The summed E-state index contributed by atoms with van der Waals surface area (Å²) in [4.78, 5) is 9.49. The van der Waals surface area contributed by atoms with Gasteiger partial charge in [0.1, 0.15) is 0 Å². The van der Waals surface area contributed by atoms with E-state index >= 15 is 0 Å². The Morgan fingerprint density at radius 3 is 2.79 bits per heavy atom. The maximum atomic E-state index is 12.8. The van der Waals surface area contributed by atoms with Crippen molar-refractivity contribution in [1.29, 1.82) is 5.41 Å². The van der Waals surface area contributed by atoms with Crippen LogP contribution in [0.15, 0.2) is 18.2 Å². The van der Waals surface area contributed by atoms with Gasteiger partial charge in [-0.1, -0.05) is 0 Å². The monoisotopic (exact) mass is 198 g/mol. The van der Waals surface area contributed by atoms with Gasteiger partial charge in [0.25, 0.3) is 0 Å². The number of halogens is 1. The zero-order valence-electron chi connectivity index (χ0n) is 7.28. The van der Waals surface area contributed by atoms with Gasteiger partial charge in [-0.2, -0.15) is 4.39 Å². The average molecular weight is 198 g/mol. The van der Waals surface area contributed by atoms with Crippen molar-refractivity contribution in [2.24, 2.45) is 0 Å². The lowest BCUT2D eigenvalue weighted by Gasteiger charge is -2.01. The maximum absolute atomic E-state index is 12.8. The third kappa shape index (κ3) is 1.85.